The van der Waals surface area contributed by atoms with E-state index in [-0.39, 0.29) is 23.8 Å². The van der Waals surface area contributed by atoms with Crippen molar-refractivity contribution in [2.75, 3.05) is 13.1 Å². The minimum Gasteiger partial charge on any atom is -0.349 e. The number of benzene rings is 1. The predicted octanol–water partition coefficient (Wildman–Crippen LogP) is 3.13. The van der Waals surface area contributed by atoms with Gasteiger partial charge in [0.05, 0.1) is 12.0 Å². The molecule has 1 N–H and O–H groups in total. The zero-order chi connectivity index (χ0) is 16.3. The standard InChI is InChI=1S/C17H23BrN2O2/c1-11(2)9-20-10-14(8-16(20)21)17(22)19-12(3)13-5-4-6-15(18)7-13/h4-7,11-12,14H,8-10H2,1-3H3,(H,19,22)/t12-,14+/m1/s1. The summed E-state index contributed by atoms with van der Waals surface area (Å²) in [6.45, 7) is 7.38. The number of amides is 2. The first-order chi connectivity index (χ1) is 10.4. The van der Waals surface area contributed by atoms with Gasteiger partial charge in [-0.25, -0.2) is 0 Å². The third-order valence-corrected chi connectivity index (χ3v) is 4.37. The van der Waals surface area contributed by atoms with Crippen molar-refractivity contribution in [1.82, 2.24) is 10.2 Å². The molecule has 4 nitrogen and oxygen atoms in total. The van der Waals surface area contributed by atoms with Crippen LogP contribution < -0.4 is 5.32 Å². The molecule has 0 saturated carbocycles. The maximum atomic E-state index is 12.4. The molecular weight excluding hydrogens is 344 g/mol. The molecule has 0 spiro atoms. The molecule has 1 aromatic carbocycles. The molecule has 1 aliphatic heterocycles. The van der Waals surface area contributed by atoms with Crippen LogP contribution in [0, 0.1) is 11.8 Å². The molecule has 22 heavy (non-hydrogen) atoms. The first-order valence-electron chi connectivity index (χ1n) is 7.70. The van der Waals surface area contributed by atoms with Crippen LogP contribution in [0.25, 0.3) is 0 Å². The van der Waals surface area contributed by atoms with Gasteiger partial charge < -0.3 is 10.2 Å². The Morgan fingerprint density at radius 1 is 1.41 bits per heavy atom. The van der Waals surface area contributed by atoms with Gasteiger partial charge in [-0.3, -0.25) is 9.59 Å². The van der Waals surface area contributed by atoms with Gasteiger partial charge in [0.15, 0.2) is 0 Å². The maximum Gasteiger partial charge on any atom is 0.225 e. The summed E-state index contributed by atoms with van der Waals surface area (Å²) < 4.78 is 0.991. The minimum absolute atomic E-state index is 0.0351. The van der Waals surface area contributed by atoms with E-state index in [1.54, 1.807) is 4.90 Å². The lowest BCUT2D eigenvalue weighted by Gasteiger charge is -2.20. The first kappa shape index (κ1) is 17.0. The van der Waals surface area contributed by atoms with Crippen LogP contribution in [0.5, 0.6) is 0 Å². The van der Waals surface area contributed by atoms with Crippen LogP contribution in [0.4, 0.5) is 0 Å². The van der Waals surface area contributed by atoms with Gasteiger partial charge in [-0.05, 0) is 30.5 Å². The highest BCUT2D eigenvalue weighted by Gasteiger charge is 2.34. The fourth-order valence-electron chi connectivity index (χ4n) is 2.76. The molecule has 5 heteroatoms. The van der Waals surface area contributed by atoms with Gasteiger partial charge in [-0.2, -0.15) is 0 Å². The number of likely N-dealkylation sites (tertiary alicyclic amines) is 1. The molecule has 0 aromatic heterocycles. The molecular formula is C17H23BrN2O2. The summed E-state index contributed by atoms with van der Waals surface area (Å²) in [5.41, 5.74) is 1.05. The van der Waals surface area contributed by atoms with E-state index in [0.29, 0.717) is 18.9 Å². The summed E-state index contributed by atoms with van der Waals surface area (Å²) in [5, 5.41) is 3.02. The Labute approximate surface area is 140 Å². The predicted molar refractivity (Wildman–Crippen MR) is 90.2 cm³/mol. The molecule has 0 bridgehead atoms. The molecule has 2 atom stereocenters. The van der Waals surface area contributed by atoms with E-state index in [0.717, 1.165) is 16.6 Å². The van der Waals surface area contributed by atoms with Crippen molar-refractivity contribution in [3.8, 4) is 0 Å². The number of nitrogens with zero attached hydrogens (tertiary/aromatic N) is 1. The second-order valence-electron chi connectivity index (χ2n) is 6.38. The van der Waals surface area contributed by atoms with Gasteiger partial charge in [-0.15, -0.1) is 0 Å². The Morgan fingerprint density at radius 2 is 2.14 bits per heavy atom. The topological polar surface area (TPSA) is 49.4 Å². The monoisotopic (exact) mass is 366 g/mol. The summed E-state index contributed by atoms with van der Waals surface area (Å²) in [6, 6.07) is 7.82. The zero-order valence-corrected chi connectivity index (χ0v) is 14.9. The van der Waals surface area contributed by atoms with Crippen LogP contribution in [-0.2, 0) is 9.59 Å². The van der Waals surface area contributed by atoms with Crippen LogP contribution in [0.3, 0.4) is 0 Å². The van der Waals surface area contributed by atoms with Gasteiger partial charge in [0.25, 0.3) is 0 Å². The molecule has 1 aromatic rings. The molecule has 0 unspecified atom stereocenters. The van der Waals surface area contributed by atoms with Crippen molar-refractivity contribution in [3.05, 3.63) is 34.3 Å². The van der Waals surface area contributed by atoms with Gasteiger partial charge in [0.1, 0.15) is 0 Å². The number of hydrogen-bond donors (Lipinski definition) is 1. The number of nitrogens with one attached hydrogen (secondary N) is 1. The highest BCUT2D eigenvalue weighted by atomic mass is 79.9. The lowest BCUT2D eigenvalue weighted by atomic mass is 10.1. The fraction of sp³-hybridized carbons (Fsp3) is 0.529. The summed E-state index contributed by atoms with van der Waals surface area (Å²) in [6.07, 6.45) is 0.323. The third kappa shape index (κ3) is 4.32. The second-order valence-corrected chi connectivity index (χ2v) is 7.29. The molecule has 2 rings (SSSR count). The van der Waals surface area contributed by atoms with Gasteiger partial charge >= 0.3 is 0 Å². The summed E-state index contributed by atoms with van der Waals surface area (Å²) in [4.78, 5) is 26.2. The molecule has 120 valence electrons. The lowest BCUT2D eigenvalue weighted by molar-refractivity contribution is -0.129. The quantitative estimate of drug-likeness (QED) is 0.869. The van der Waals surface area contributed by atoms with Gasteiger partial charge in [0, 0.05) is 24.0 Å². The summed E-state index contributed by atoms with van der Waals surface area (Å²) in [5.74, 6) is 0.239. The molecule has 1 saturated heterocycles. The van der Waals surface area contributed by atoms with Crippen molar-refractivity contribution in [2.45, 2.75) is 33.2 Å². The third-order valence-electron chi connectivity index (χ3n) is 3.88. The zero-order valence-electron chi connectivity index (χ0n) is 13.3. The van der Waals surface area contributed by atoms with E-state index in [4.69, 9.17) is 0 Å². The largest absolute Gasteiger partial charge is 0.349 e. The fourth-order valence-corrected chi connectivity index (χ4v) is 3.17. The van der Waals surface area contributed by atoms with Crippen LogP contribution in [0.1, 0.15) is 38.8 Å². The number of halogens is 1. The SMILES string of the molecule is CC(C)CN1C[C@@H](C(=O)N[C@H](C)c2cccc(Br)c2)CC1=O. The van der Waals surface area contributed by atoms with Crippen molar-refractivity contribution < 1.29 is 9.59 Å². The average molecular weight is 367 g/mol. The number of hydrogen-bond acceptors (Lipinski definition) is 2. The Morgan fingerprint density at radius 3 is 2.77 bits per heavy atom. The highest BCUT2D eigenvalue weighted by molar-refractivity contribution is 9.10. The van der Waals surface area contributed by atoms with E-state index in [1.807, 2.05) is 31.2 Å². The first-order valence-corrected chi connectivity index (χ1v) is 8.49. The Hall–Kier alpha value is -1.36. The summed E-state index contributed by atoms with van der Waals surface area (Å²) >= 11 is 3.44. The van der Waals surface area contributed by atoms with E-state index in [9.17, 15) is 9.59 Å². The van der Waals surface area contributed by atoms with E-state index in [1.165, 1.54) is 0 Å². The van der Waals surface area contributed by atoms with Crippen LogP contribution in [-0.4, -0.2) is 29.8 Å². The highest BCUT2D eigenvalue weighted by Crippen LogP contribution is 2.22. The van der Waals surface area contributed by atoms with Crippen molar-refractivity contribution >= 4 is 27.7 Å². The molecule has 0 radical (unpaired) electrons. The smallest absolute Gasteiger partial charge is 0.225 e. The Kier molecular flexibility index (Phi) is 5.62. The normalized spacial score (nSPS) is 19.6. The average Bonchev–Trinajstić information content (AvgIpc) is 2.79. The van der Waals surface area contributed by atoms with E-state index >= 15 is 0 Å². The van der Waals surface area contributed by atoms with Crippen molar-refractivity contribution in [3.63, 3.8) is 0 Å². The van der Waals surface area contributed by atoms with Crippen LogP contribution in [0.2, 0.25) is 0 Å². The van der Waals surface area contributed by atoms with Crippen molar-refractivity contribution in [2.24, 2.45) is 11.8 Å². The number of carbonyl (C=O) groups is 2. The summed E-state index contributed by atoms with van der Waals surface area (Å²) in [7, 11) is 0. The lowest BCUT2D eigenvalue weighted by Crippen LogP contribution is -2.35. The minimum atomic E-state index is -0.235. The second kappa shape index (κ2) is 7.27. The molecule has 1 fully saturated rings. The van der Waals surface area contributed by atoms with E-state index in [2.05, 4.69) is 35.1 Å². The van der Waals surface area contributed by atoms with Crippen molar-refractivity contribution in [1.29, 1.82) is 0 Å². The number of carbonyl (C=O) groups excluding carboxylic acids is 2. The number of rotatable bonds is 5. The van der Waals surface area contributed by atoms with Crippen LogP contribution in [0.15, 0.2) is 28.7 Å². The Bertz CT molecular complexity index is 559. The molecule has 1 heterocycles. The molecule has 2 amide bonds. The van der Waals surface area contributed by atoms with Crippen LogP contribution >= 0.6 is 15.9 Å². The maximum absolute atomic E-state index is 12.4. The molecule has 0 aliphatic carbocycles. The molecule has 1 aliphatic rings. The van der Waals surface area contributed by atoms with E-state index < -0.39 is 0 Å². The Balaban J connectivity index is 1.94. The van der Waals surface area contributed by atoms with Gasteiger partial charge in [0.2, 0.25) is 11.8 Å². The van der Waals surface area contributed by atoms with Gasteiger partial charge in [-0.1, -0.05) is 41.9 Å².